The van der Waals surface area contributed by atoms with Gasteiger partial charge in [0, 0.05) is 11.3 Å². The average molecular weight is 362 g/mol. The lowest BCUT2D eigenvalue weighted by Crippen LogP contribution is -2.45. The van der Waals surface area contributed by atoms with Crippen LogP contribution in [0.25, 0.3) is 0 Å². The summed E-state index contributed by atoms with van der Waals surface area (Å²) in [5, 5.41) is 3.30. The summed E-state index contributed by atoms with van der Waals surface area (Å²) in [6.07, 6.45) is -0.447. The van der Waals surface area contributed by atoms with Crippen LogP contribution in [-0.4, -0.2) is 26.2 Å². The number of carbonyl (C=O) groups is 1. The highest BCUT2D eigenvalue weighted by molar-refractivity contribution is 6.32. The molecule has 0 aliphatic carbocycles. The average Bonchev–Trinajstić information content (AvgIpc) is 2.63. The van der Waals surface area contributed by atoms with E-state index in [0.717, 1.165) is 5.56 Å². The molecule has 0 radical (unpaired) electrons. The van der Waals surface area contributed by atoms with Crippen LogP contribution in [0.1, 0.15) is 18.8 Å². The van der Waals surface area contributed by atoms with Crippen molar-refractivity contribution in [2.75, 3.05) is 25.6 Å². The van der Waals surface area contributed by atoms with Crippen LogP contribution >= 0.6 is 11.6 Å². The second-order valence-electron chi connectivity index (χ2n) is 6.23. The van der Waals surface area contributed by atoms with E-state index in [1.54, 1.807) is 25.3 Å². The van der Waals surface area contributed by atoms with E-state index in [1.165, 1.54) is 0 Å². The van der Waals surface area contributed by atoms with Crippen LogP contribution in [0, 0.1) is 5.41 Å². The zero-order valence-electron chi connectivity index (χ0n) is 14.1. The summed E-state index contributed by atoms with van der Waals surface area (Å²) in [4.78, 5) is 12.7. The number of benzene rings is 2. The summed E-state index contributed by atoms with van der Waals surface area (Å²) in [7, 11) is 1.54. The maximum atomic E-state index is 12.7. The van der Waals surface area contributed by atoms with Gasteiger partial charge in [-0.2, -0.15) is 0 Å². The molecule has 0 unspecified atom stereocenters. The van der Waals surface area contributed by atoms with Gasteiger partial charge in [0.2, 0.25) is 5.91 Å². The van der Waals surface area contributed by atoms with Crippen molar-refractivity contribution in [3.05, 3.63) is 59.1 Å². The molecular formula is C19H20ClNO4. The molecule has 25 heavy (non-hydrogen) atoms. The highest BCUT2D eigenvalue weighted by Crippen LogP contribution is 2.33. The number of carbonyl (C=O) groups excluding carboxylic acids is 1. The van der Waals surface area contributed by atoms with Gasteiger partial charge in [-0.05, 0) is 25.1 Å². The fourth-order valence-corrected chi connectivity index (χ4v) is 2.83. The Morgan fingerprint density at radius 3 is 2.48 bits per heavy atom. The molecule has 2 aromatic rings. The Balaban J connectivity index is 1.63. The van der Waals surface area contributed by atoms with E-state index in [1.807, 2.05) is 37.3 Å². The molecule has 0 aromatic heterocycles. The van der Waals surface area contributed by atoms with E-state index in [9.17, 15) is 4.79 Å². The molecule has 0 bridgehead atoms. The van der Waals surface area contributed by atoms with Crippen LogP contribution in [0.4, 0.5) is 5.69 Å². The third kappa shape index (κ3) is 3.95. The topological polar surface area (TPSA) is 56.8 Å². The number of amides is 1. The molecule has 1 N–H and O–H groups in total. The van der Waals surface area contributed by atoms with Crippen molar-refractivity contribution < 1.29 is 19.0 Å². The quantitative estimate of drug-likeness (QED) is 0.893. The van der Waals surface area contributed by atoms with Crippen molar-refractivity contribution in [1.29, 1.82) is 0 Å². The first-order chi connectivity index (χ1) is 12.0. The van der Waals surface area contributed by atoms with Gasteiger partial charge in [-0.3, -0.25) is 4.79 Å². The van der Waals surface area contributed by atoms with Crippen LogP contribution in [0.2, 0.25) is 5.02 Å². The minimum atomic E-state index is -0.780. The maximum Gasteiger partial charge on any atom is 0.234 e. The fraction of sp³-hybridized carbons (Fsp3) is 0.316. The Labute approximate surface area is 151 Å². The molecule has 0 saturated carbocycles. The normalized spacial score (nSPS) is 23.1. The van der Waals surface area contributed by atoms with E-state index >= 15 is 0 Å². The molecular weight excluding hydrogens is 342 g/mol. The Morgan fingerprint density at radius 1 is 1.20 bits per heavy atom. The largest absolute Gasteiger partial charge is 0.495 e. The molecule has 1 amide bonds. The Hall–Kier alpha value is -2.08. The summed E-state index contributed by atoms with van der Waals surface area (Å²) in [5.41, 5.74) is 0.756. The molecule has 6 heteroatoms. The molecule has 1 fully saturated rings. The molecule has 132 valence electrons. The minimum absolute atomic E-state index is 0.180. The van der Waals surface area contributed by atoms with Gasteiger partial charge in [0.15, 0.2) is 6.29 Å². The van der Waals surface area contributed by atoms with Gasteiger partial charge in [0.25, 0.3) is 0 Å². The fourth-order valence-electron chi connectivity index (χ4n) is 2.57. The Kier molecular flexibility index (Phi) is 5.27. The van der Waals surface area contributed by atoms with Crippen molar-refractivity contribution in [3.63, 3.8) is 0 Å². The van der Waals surface area contributed by atoms with Gasteiger partial charge in [0.05, 0.1) is 30.8 Å². The van der Waals surface area contributed by atoms with E-state index < -0.39 is 11.7 Å². The highest BCUT2D eigenvalue weighted by atomic mass is 35.5. The number of nitrogens with one attached hydrogen (secondary N) is 1. The first-order valence-electron chi connectivity index (χ1n) is 7.95. The standard InChI is InChI=1S/C19H20ClNO4/c1-19(11-24-17(25-12-19)13-6-4-3-5-7-13)18(22)21-14-8-9-16(23-2)15(20)10-14/h3-10,17H,11-12H2,1-2H3,(H,21,22). The van der Waals surface area contributed by atoms with E-state index in [2.05, 4.69) is 5.32 Å². The molecule has 1 aliphatic rings. The van der Waals surface area contributed by atoms with Crippen LogP contribution in [0.5, 0.6) is 5.75 Å². The number of anilines is 1. The van der Waals surface area contributed by atoms with Crippen molar-refractivity contribution in [2.24, 2.45) is 5.41 Å². The molecule has 0 atom stereocenters. The molecule has 1 heterocycles. The van der Waals surface area contributed by atoms with Gasteiger partial charge < -0.3 is 19.5 Å². The molecule has 5 nitrogen and oxygen atoms in total. The lowest BCUT2D eigenvalue weighted by molar-refractivity contribution is -0.226. The summed E-state index contributed by atoms with van der Waals surface area (Å²) in [6, 6.07) is 14.8. The second kappa shape index (κ2) is 7.44. The molecule has 1 saturated heterocycles. The van der Waals surface area contributed by atoms with Crippen LogP contribution in [0.15, 0.2) is 48.5 Å². The van der Waals surface area contributed by atoms with Gasteiger partial charge in [-0.25, -0.2) is 0 Å². The highest BCUT2D eigenvalue weighted by Gasteiger charge is 2.39. The van der Waals surface area contributed by atoms with E-state index in [4.69, 9.17) is 25.8 Å². The maximum absolute atomic E-state index is 12.7. The third-order valence-corrected chi connectivity index (χ3v) is 4.43. The van der Waals surface area contributed by atoms with Crippen LogP contribution < -0.4 is 10.1 Å². The lowest BCUT2D eigenvalue weighted by Gasteiger charge is -2.36. The first-order valence-corrected chi connectivity index (χ1v) is 8.33. The lowest BCUT2D eigenvalue weighted by atomic mass is 9.90. The number of ether oxygens (including phenoxy) is 3. The molecule has 0 spiro atoms. The number of halogens is 1. The molecule has 1 aliphatic heterocycles. The van der Waals surface area contributed by atoms with Gasteiger partial charge in [-0.15, -0.1) is 0 Å². The van der Waals surface area contributed by atoms with E-state index in [0.29, 0.717) is 16.5 Å². The summed E-state index contributed by atoms with van der Waals surface area (Å²) < 4.78 is 16.6. The number of methoxy groups -OCH3 is 1. The van der Waals surface area contributed by atoms with Gasteiger partial charge in [-0.1, -0.05) is 41.9 Å². The number of hydrogen-bond acceptors (Lipinski definition) is 4. The van der Waals surface area contributed by atoms with Crippen molar-refractivity contribution in [3.8, 4) is 5.75 Å². The predicted molar refractivity (Wildman–Crippen MR) is 95.8 cm³/mol. The Bertz CT molecular complexity index is 742. The SMILES string of the molecule is COc1ccc(NC(=O)C2(C)COC(c3ccccc3)OC2)cc1Cl. The number of hydrogen-bond donors (Lipinski definition) is 1. The number of rotatable bonds is 4. The van der Waals surface area contributed by atoms with Crippen molar-refractivity contribution >= 4 is 23.2 Å². The Morgan fingerprint density at radius 2 is 1.88 bits per heavy atom. The van der Waals surface area contributed by atoms with E-state index in [-0.39, 0.29) is 19.1 Å². The summed E-state index contributed by atoms with van der Waals surface area (Å²) in [6.45, 7) is 2.35. The smallest absolute Gasteiger partial charge is 0.234 e. The summed E-state index contributed by atoms with van der Waals surface area (Å²) in [5.74, 6) is 0.376. The summed E-state index contributed by atoms with van der Waals surface area (Å²) >= 11 is 6.09. The van der Waals surface area contributed by atoms with Crippen molar-refractivity contribution in [2.45, 2.75) is 13.2 Å². The monoisotopic (exact) mass is 361 g/mol. The minimum Gasteiger partial charge on any atom is -0.495 e. The predicted octanol–water partition coefficient (Wildman–Crippen LogP) is 4.04. The zero-order chi connectivity index (χ0) is 17.9. The third-order valence-electron chi connectivity index (χ3n) is 4.14. The van der Waals surface area contributed by atoms with Gasteiger partial charge in [0.1, 0.15) is 5.75 Å². The molecule has 3 rings (SSSR count). The van der Waals surface area contributed by atoms with Crippen LogP contribution in [0.3, 0.4) is 0 Å². The molecule has 2 aromatic carbocycles. The first kappa shape index (κ1) is 17.7. The van der Waals surface area contributed by atoms with Gasteiger partial charge >= 0.3 is 0 Å². The van der Waals surface area contributed by atoms with Crippen LogP contribution in [-0.2, 0) is 14.3 Å². The second-order valence-corrected chi connectivity index (χ2v) is 6.64. The zero-order valence-corrected chi connectivity index (χ0v) is 14.9. The van der Waals surface area contributed by atoms with Crippen molar-refractivity contribution in [1.82, 2.24) is 0 Å².